The van der Waals surface area contributed by atoms with Gasteiger partial charge in [0.2, 0.25) is 0 Å². The van der Waals surface area contributed by atoms with Gasteiger partial charge in [-0.2, -0.15) is 0 Å². The molecule has 1 heterocycles. The molecule has 112 valence electrons. The highest BCUT2D eigenvalue weighted by molar-refractivity contribution is 14.0. The van der Waals surface area contributed by atoms with Crippen LogP contribution in [0.4, 0.5) is 0 Å². The largest absolute Gasteiger partial charge is 0.357 e. The molecule has 1 aromatic heterocycles. The lowest BCUT2D eigenvalue weighted by molar-refractivity contribution is 0.633. The van der Waals surface area contributed by atoms with Gasteiger partial charge >= 0.3 is 0 Å². The Kier molecular flexibility index (Phi) is 8.13. The number of guanidine groups is 1. The fraction of sp³-hybridized carbons (Fsp3) is 0.571. The number of hydrogen-bond acceptors (Lipinski definition) is 3. The van der Waals surface area contributed by atoms with E-state index in [-0.39, 0.29) is 24.0 Å². The Hall–Kier alpha value is -0.630. The van der Waals surface area contributed by atoms with Crippen LogP contribution in [0.25, 0.3) is 0 Å². The third-order valence-electron chi connectivity index (χ3n) is 2.96. The SMILES string of the molecule is CCNC(=NCCc1ncc(C)s1)NC1CC=CC1.I. The molecule has 0 atom stereocenters. The molecule has 0 aromatic carbocycles. The molecule has 0 bridgehead atoms. The van der Waals surface area contributed by atoms with Gasteiger partial charge in [0.1, 0.15) is 0 Å². The summed E-state index contributed by atoms with van der Waals surface area (Å²) in [6, 6.07) is 0.500. The maximum absolute atomic E-state index is 4.61. The Morgan fingerprint density at radius 3 is 2.80 bits per heavy atom. The second-order valence-electron chi connectivity index (χ2n) is 4.66. The zero-order valence-electron chi connectivity index (χ0n) is 12.1. The molecule has 4 nitrogen and oxygen atoms in total. The summed E-state index contributed by atoms with van der Waals surface area (Å²) < 4.78 is 0. The van der Waals surface area contributed by atoms with Gasteiger partial charge in [0.15, 0.2) is 5.96 Å². The van der Waals surface area contributed by atoms with Gasteiger partial charge in [0.25, 0.3) is 0 Å². The van der Waals surface area contributed by atoms with Crippen LogP contribution in [0.5, 0.6) is 0 Å². The van der Waals surface area contributed by atoms with Crippen molar-refractivity contribution in [2.75, 3.05) is 13.1 Å². The summed E-state index contributed by atoms with van der Waals surface area (Å²) in [4.78, 5) is 10.2. The highest BCUT2D eigenvalue weighted by atomic mass is 127. The molecule has 6 heteroatoms. The second kappa shape index (κ2) is 9.33. The number of nitrogens with zero attached hydrogens (tertiary/aromatic N) is 2. The minimum atomic E-state index is 0. The zero-order valence-corrected chi connectivity index (χ0v) is 15.2. The normalized spacial score (nSPS) is 15.2. The van der Waals surface area contributed by atoms with Crippen molar-refractivity contribution in [3.63, 3.8) is 0 Å². The summed E-state index contributed by atoms with van der Waals surface area (Å²) in [5.74, 6) is 0.921. The number of aryl methyl sites for hydroxylation is 1. The monoisotopic (exact) mass is 406 g/mol. The number of aliphatic imine (C=N–C) groups is 1. The van der Waals surface area contributed by atoms with Gasteiger partial charge in [0, 0.05) is 36.6 Å². The van der Waals surface area contributed by atoms with E-state index in [1.54, 1.807) is 11.3 Å². The number of aromatic nitrogens is 1. The second-order valence-corrected chi connectivity index (χ2v) is 5.98. The number of thiazole rings is 1. The molecule has 0 radical (unpaired) electrons. The van der Waals surface area contributed by atoms with Crippen molar-refractivity contribution in [3.05, 3.63) is 28.2 Å². The maximum Gasteiger partial charge on any atom is 0.191 e. The summed E-state index contributed by atoms with van der Waals surface area (Å²) in [6.07, 6.45) is 9.47. The first-order chi connectivity index (χ1) is 9.28. The van der Waals surface area contributed by atoms with Crippen LogP contribution < -0.4 is 10.6 Å². The smallest absolute Gasteiger partial charge is 0.191 e. The van der Waals surface area contributed by atoms with E-state index in [0.717, 1.165) is 38.3 Å². The van der Waals surface area contributed by atoms with Crippen LogP contribution >= 0.6 is 35.3 Å². The fourth-order valence-corrected chi connectivity index (χ4v) is 2.80. The van der Waals surface area contributed by atoms with E-state index in [1.807, 2.05) is 6.20 Å². The summed E-state index contributed by atoms with van der Waals surface area (Å²) in [5, 5.41) is 7.93. The number of hydrogen-bond donors (Lipinski definition) is 2. The standard InChI is InChI=1S/C14H22N4S.HI/c1-3-15-14(18-12-6-4-5-7-12)16-9-8-13-17-10-11(2)19-13;/h4-5,10,12H,3,6-9H2,1-2H3,(H2,15,16,18);1H. The van der Waals surface area contributed by atoms with Crippen LogP contribution in [0.1, 0.15) is 29.7 Å². The number of rotatable bonds is 5. The third-order valence-corrected chi connectivity index (χ3v) is 3.93. The van der Waals surface area contributed by atoms with Crippen LogP contribution in [0.2, 0.25) is 0 Å². The lowest BCUT2D eigenvalue weighted by Gasteiger charge is -2.16. The predicted molar refractivity (Wildman–Crippen MR) is 97.2 cm³/mol. The Labute approximate surface area is 142 Å². The summed E-state index contributed by atoms with van der Waals surface area (Å²) >= 11 is 1.75. The Morgan fingerprint density at radius 1 is 1.45 bits per heavy atom. The van der Waals surface area contributed by atoms with E-state index in [2.05, 4.69) is 46.6 Å². The first kappa shape index (κ1) is 17.4. The van der Waals surface area contributed by atoms with Crippen LogP contribution in [0.15, 0.2) is 23.3 Å². The molecular weight excluding hydrogens is 383 g/mol. The number of nitrogens with one attached hydrogen (secondary N) is 2. The van der Waals surface area contributed by atoms with Crippen LogP contribution in [-0.2, 0) is 6.42 Å². The van der Waals surface area contributed by atoms with Gasteiger partial charge in [-0.25, -0.2) is 4.98 Å². The Balaban J connectivity index is 0.00000200. The zero-order chi connectivity index (χ0) is 13.5. The first-order valence-corrected chi connectivity index (χ1v) is 7.70. The van der Waals surface area contributed by atoms with Crippen LogP contribution in [0.3, 0.4) is 0 Å². The van der Waals surface area contributed by atoms with E-state index in [1.165, 1.54) is 9.88 Å². The molecule has 0 unspecified atom stereocenters. The van der Waals surface area contributed by atoms with Gasteiger partial charge in [-0.3, -0.25) is 4.99 Å². The minimum absolute atomic E-state index is 0. The van der Waals surface area contributed by atoms with Crippen LogP contribution in [-0.4, -0.2) is 30.1 Å². The molecule has 0 fully saturated rings. The molecule has 2 N–H and O–H groups in total. The molecule has 1 aromatic rings. The molecular formula is C14H23IN4S. The van der Waals surface area contributed by atoms with Crippen molar-refractivity contribution in [2.24, 2.45) is 4.99 Å². The summed E-state index contributed by atoms with van der Waals surface area (Å²) in [5.41, 5.74) is 0. The minimum Gasteiger partial charge on any atom is -0.357 e. The number of halogens is 1. The van der Waals surface area contributed by atoms with Crippen molar-refractivity contribution < 1.29 is 0 Å². The van der Waals surface area contributed by atoms with Crippen molar-refractivity contribution in [2.45, 2.75) is 39.2 Å². The first-order valence-electron chi connectivity index (χ1n) is 6.89. The van der Waals surface area contributed by atoms with E-state index < -0.39 is 0 Å². The maximum atomic E-state index is 4.61. The molecule has 0 saturated heterocycles. The van der Waals surface area contributed by atoms with Gasteiger partial charge in [-0.1, -0.05) is 12.2 Å². The molecule has 1 aliphatic rings. The highest BCUT2D eigenvalue weighted by Crippen LogP contribution is 2.11. The summed E-state index contributed by atoms with van der Waals surface area (Å²) in [7, 11) is 0. The van der Waals surface area contributed by atoms with E-state index in [9.17, 15) is 0 Å². The van der Waals surface area contributed by atoms with Gasteiger partial charge in [-0.15, -0.1) is 35.3 Å². The average Bonchev–Trinajstić information content (AvgIpc) is 3.01. The van der Waals surface area contributed by atoms with Gasteiger partial charge in [-0.05, 0) is 26.7 Å². The third kappa shape index (κ3) is 5.78. The molecule has 0 spiro atoms. The fourth-order valence-electron chi connectivity index (χ4n) is 2.03. The van der Waals surface area contributed by atoms with E-state index in [4.69, 9.17) is 0 Å². The Morgan fingerprint density at radius 2 is 2.20 bits per heavy atom. The van der Waals surface area contributed by atoms with Crippen molar-refractivity contribution in [1.82, 2.24) is 15.6 Å². The molecule has 0 saturated carbocycles. The Bertz CT molecular complexity index is 448. The van der Waals surface area contributed by atoms with Crippen molar-refractivity contribution in [1.29, 1.82) is 0 Å². The van der Waals surface area contributed by atoms with E-state index in [0.29, 0.717) is 6.04 Å². The van der Waals surface area contributed by atoms with E-state index >= 15 is 0 Å². The summed E-state index contributed by atoms with van der Waals surface area (Å²) in [6.45, 7) is 5.85. The predicted octanol–water partition coefficient (Wildman–Crippen LogP) is 2.89. The quantitative estimate of drug-likeness (QED) is 0.342. The molecule has 0 amide bonds. The molecule has 1 aliphatic carbocycles. The van der Waals surface area contributed by atoms with Crippen molar-refractivity contribution in [3.8, 4) is 0 Å². The average molecular weight is 406 g/mol. The van der Waals surface area contributed by atoms with Gasteiger partial charge in [0.05, 0.1) is 5.01 Å². The lowest BCUT2D eigenvalue weighted by Crippen LogP contribution is -2.42. The van der Waals surface area contributed by atoms with Crippen molar-refractivity contribution >= 4 is 41.3 Å². The van der Waals surface area contributed by atoms with Gasteiger partial charge < -0.3 is 10.6 Å². The molecule has 20 heavy (non-hydrogen) atoms. The molecule has 0 aliphatic heterocycles. The molecule has 2 rings (SSSR count). The van der Waals surface area contributed by atoms with Crippen LogP contribution in [0, 0.1) is 6.92 Å². The topological polar surface area (TPSA) is 49.3 Å². The lowest BCUT2D eigenvalue weighted by atomic mass is 10.2. The highest BCUT2D eigenvalue weighted by Gasteiger charge is 2.11.